The lowest BCUT2D eigenvalue weighted by Gasteiger charge is -2.11. The van der Waals surface area contributed by atoms with E-state index in [2.05, 4.69) is 10.0 Å². The molecule has 2 N–H and O–H groups in total. The van der Waals surface area contributed by atoms with Crippen LogP contribution in [0, 0.1) is 11.6 Å². The molecular formula is C18H14F2N2O3S3. The minimum Gasteiger partial charge on any atom is -0.320 e. The Labute approximate surface area is 168 Å². The highest BCUT2D eigenvalue weighted by Gasteiger charge is 2.21. The third-order valence-electron chi connectivity index (χ3n) is 3.67. The van der Waals surface area contributed by atoms with Gasteiger partial charge >= 0.3 is 0 Å². The fourth-order valence-corrected chi connectivity index (χ4v) is 4.79. The SMILES string of the molecule is CSc1ccccc1NC(=O)c1sccc1NS(=O)(=O)c1ccc(F)c(F)c1. The average molecular weight is 441 g/mol. The van der Waals surface area contributed by atoms with Crippen molar-refractivity contribution in [3.8, 4) is 0 Å². The van der Waals surface area contributed by atoms with E-state index in [1.165, 1.54) is 17.8 Å². The average Bonchev–Trinajstić information content (AvgIpc) is 3.11. The van der Waals surface area contributed by atoms with Crippen molar-refractivity contribution in [2.24, 2.45) is 0 Å². The molecule has 10 heteroatoms. The zero-order valence-electron chi connectivity index (χ0n) is 14.4. The first-order chi connectivity index (χ1) is 13.3. The van der Waals surface area contributed by atoms with Gasteiger partial charge in [0.1, 0.15) is 4.88 Å². The topological polar surface area (TPSA) is 75.3 Å². The lowest BCUT2D eigenvalue weighted by atomic mass is 10.3. The number of para-hydroxylation sites is 1. The molecule has 0 aliphatic rings. The van der Waals surface area contributed by atoms with Gasteiger partial charge in [0.15, 0.2) is 11.6 Å². The summed E-state index contributed by atoms with van der Waals surface area (Å²) < 4.78 is 53.6. The van der Waals surface area contributed by atoms with Gasteiger partial charge < -0.3 is 5.32 Å². The summed E-state index contributed by atoms with van der Waals surface area (Å²) in [6.45, 7) is 0. The molecule has 146 valence electrons. The molecule has 0 atom stereocenters. The number of thioether (sulfide) groups is 1. The molecule has 0 spiro atoms. The summed E-state index contributed by atoms with van der Waals surface area (Å²) in [5.74, 6) is -2.92. The van der Waals surface area contributed by atoms with Gasteiger partial charge in [0.25, 0.3) is 15.9 Å². The van der Waals surface area contributed by atoms with Crippen molar-refractivity contribution in [1.82, 2.24) is 0 Å². The van der Waals surface area contributed by atoms with Crippen LogP contribution < -0.4 is 10.0 Å². The maximum absolute atomic E-state index is 13.4. The molecule has 0 saturated carbocycles. The predicted octanol–water partition coefficient (Wildman–Crippen LogP) is 4.80. The molecule has 5 nitrogen and oxygen atoms in total. The van der Waals surface area contributed by atoms with Crippen molar-refractivity contribution >= 4 is 50.4 Å². The largest absolute Gasteiger partial charge is 0.320 e. The van der Waals surface area contributed by atoms with E-state index in [0.29, 0.717) is 11.8 Å². The monoisotopic (exact) mass is 440 g/mol. The van der Waals surface area contributed by atoms with Crippen LogP contribution >= 0.6 is 23.1 Å². The number of nitrogens with one attached hydrogen (secondary N) is 2. The van der Waals surface area contributed by atoms with E-state index < -0.39 is 32.5 Å². The van der Waals surface area contributed by atoms with Crippen LogP contribution in [-0.2, 0) is 10.0 Å². The van der Waals surface area contributed by atoms with Gasteiger partial charge in [-0.15, -0.1) is 23.1 Å². The minimum atomic E-state index is -4.20. The molecular weight excluding hydrogens is 426 g/mol. The number of hydrogen-bond donors (Lipinski definition) is 2. The van der Waals surface area contributed by atoms with Gasteiger partial charge in [-0.3, -0.25) is 9.52 Å². The summed E-state index contributed by atoms with van der Waals surface area (Å²) in [6, 6.07) is 10.9. The van der Waals surface area contributed by atoms with Crippen LogP contribution in [0.2, 0.25) is 0 Å². The Morgan fingerprint density at radius 2 is 1.79 bits per heavy atom. The molecule has 1 amide bonds. The van der Waals surface area contributed by atoms with Crippen molar-refractivity contribution in [3.63, 3.8) is 0 Å². The highest BCUT2D eigenvalue weighted by atomic mass is 32.2. The zero-order chi connectivity index (χ0) is 20.3. The van der Waals surface area contributed by atoms with Gasteiger partial charge in [0.2, 0.25) is 0 Å². The van der Waals surface area contributed by atoms with Crippen molar-refractivity contribution < 1.29 is 22.0 Å². The van der Waals surface area contributed by atoms with E-state index >= 15 is 0 Å². The van der Waals surface area contributed by atoms with Gasteiger partial charge in [-0.25, -0.2) is 17.2 Å². The molecule has 0 aliphatic heterocycles. The van der Waals surface area contributed by atoms with E-state index in [1.54, 1.807) is 17.5 Å². The van der Waals surface area contributed by atoms with Crippen molar-refractivity contribution in [3.05, 3.63) is 70.4 Å². The van der Waals surface area contributed by atoms with Crippen LogP contribution in [0.3, 0.4) is 0 Å². The van der Waals surface area contributed by atoms with Crippen molar-refractivity contribution in [2.75, 3.05) is 16.3 Å². The van der Waals surface area contributed by atoms with Crippen molar-refractivity contribution in [2.45, 2.75) is 9.79 Å². The van der Waals surface area contributed by atoms with Gasteiger partial charge in [-0.2, -0.15) is 0 Å². The molecule has 0 fully saturated rings. The minimum absolute atomic E-state index is 0.0499. The highest BCUT2D eigenvalue weighted by Crippen LogP contribution is 2.29. The van der Waals surface area contributed by atoms with Gasteiger partial charge in [-0.05, 0) is 48.0 Å². The van der Waals surface area contributed by atoms with Crippen LogP contribution in [0.1, 0.15) is 9.67 Å². The van der Waals surface area contributed by atoms with E-state index in [4.69, 9.17) is 0 Å². The van der Waals surface area contributed by atoms with Crippen LogP contribution in [-0.4, -0.2) is 20.6 Å². The number of benzene rings is 2. The first-order valence-corrected chi connectivity index (χ1v) is 11.4. The number of halogens is 2. The molecule has 1 heterocycles. The van der Waals surface area contributed by atoms with Gasteiger partial charge in [0.05, 0.1) is 16.3 Å². The standard InChI is InChI=1S/C18H14F2N2O3S3/c1-26-16-5-3-2-4-14(16)21-18(23)17-15(8-9-27-17)22-28(24,25)11-6-7-12(19)13(20)10-11/h2-10,22H,1H3,(H,21,23). The molecule has 0 aliphatic carbocycles. The summed E-state index contributed by atoms with van der Waals surface area (Å²) in [4.78, 5) is 13.2. The first-order valence-electron chi connectivity index (χ1n) is 7.81. The molecule has 0 radical (unpaired) electrons. The number of sulfonamides is 1. The van der Waals surface area contributed by atoms with E-state index in [0.717, 1.165) is 28.4 Å². The summed E-state index contributed by atoms with van der Waals surface area (Å²) >= 11 is 2.51. The third kappa shape index (κ3) is 4.34. The molecule has 28 heavy (non-hydrogen) atoms. The molecule has 3 aromatic rings. The van der Waals surface area contributed by atoms with Gasteiger partial charge in [0, 0.05) is 4.90 Å². The number of carbonyl (C=O) groups is 1. The fraction of sp³-hybridized carbons (Fsp3) is 0.0556. The predicted molar refractivity (Wildman–Crippen MR) is 108 cm³/mol. The second kappa shape index (κ2) is 8.29. The van der Waals surface area contributed by atoms with Crippen LogP contribution in [0.25, 0.3) is 0 Å². The maximum atomic E-state index is 13.4. The Bertz CT molecular complexity index is 1130. The lowest BCUT2D eigenvalue weighted by Crippen LogP contribution is -2.17. The Morgan fingerprint density at radius 3 is 2.50 bits per heavy atom. The van der Waals surface area contributed by atoms with E-state index in [1.807, 2.05) is 18.4 Å². The summed E-state index contributed by atoms with van der Waals surface area (Å²) in [5.41, 5.74) is 0.650. The fourth-order valence-electron chi connectivity index (χ4n) is 2.34. The molecule has 1 aromatic heterocycles. The number of carbonyl (C=O) groups excluding carboxylic acids is 1. The third-order valence-corrected chi connectivity index (χ3v) is 6.74. The van der Waals surface area contributed by atoms with Crippen molar-refractivity contribution in [1.29, 1.82) is 0 Å². The van der Waals surface area contributed by atoms with E-state index in [-0.39, 0.29) is 10.6 Å². The number of amides is 1. The first kappa shape index (κ1) is 20.3. The Hall–Kier alpha value is -2.43. The quantitative estimate of drug-likeness (QED) is 0.540. The lowest BCUT2D eigenvalue weighted by molar-refractivity contribution is 0.103. The smallest absolute Gasteiger partial charge is 0.267 e. The molecule has 3 rings (SSSR count). The zero-order valence-corrected chi connectivity index (χ0v) is 16.9. The van der Waals surface area contributed by atoms with Crippen LogP contribution in [0.4, 0.5) is 20.2 Å². The molecule has 0 saturated heterocycles. The summed E-state index contributed by atoms with van der Waals surface area (Å²) in [5, 5.41) is 4.31. The second-order valence-corrected chi connectivity index (χ2v) is 8.95. The summed E-state index contributed by atoms with van der Waals surface area (Å²) in [7, 11) is -4.20. The Balaban J connectivity index is 1.85. The normalized spacial score (nSPS) is 11.2. The van der Waals surface area contributed by atoms with Crippen LogP contribution in [0.5, 0.6) is 0 Å². The van der Waals surface area contributed by atoms with Crippen LogP contribution in [0.15, 0.2) is 63.7 Å². The van der Waals surface area contributed by atoms with Gasteiger partial charge in [-0.1, -0.05) is 12.1 Å². The maximum Gasteiger partial charge on any atom is 0.267 e. The Morgan fingerprint density at radius 1 is 1.04 bits per heavy atom. The molecule has 0 bridgehead atoms. The number of anilines is 2. The Kier molecular flexibility index (Phi) is 6.01. The molecule has 2 aromatic carbocycles. The van der Waals surface area contributed by atoms with E-state index in [9.17, 15) is 22.0 Å². The highest BCUT2D eigenvalue weighted by molar-refractivity contribution is 7.98. The number of rotatable bonds is 6. The number of hydrogen-bond acceptors (Lipinski definition) is 5. The second-order valence-electron chi connectivity index (χ2n) is 5.50. The number of thiophene rings is 1. The summed E-state index contributed by atoms with van der Waals surface area (Å²) in [6.07, 6.45) is 1.87. The molecule has 0 unspecified atom stereocenters.